The standard InChI is InChI=1S/C11H9Cl2N3O2S/c12-6-2-1-3-7(8(6)13)15-9(17)10(18)16-11-14-4-5-19-11/h1-3H,4-5H2,(H,15,17)(H,14,16,18). The highest BCUT2D eigenvalue weighted by Crippen LogP contribution is 2.29. The van der Waals surface area contributed by atoms with E-state index < -0.39 is 11.8 Å². The lowest BCUT2D eigenvalue weighted by molar-refractivity contribution is -0.135. The van der Waals surface area contributed by atoms with Gasteiger partial charge in [-0.2, -0.15) is 0 Å². The first-order valence-corrected chi connectivity index (χ1v) is 7.05. The number of amides is 2. The van der Waals surface area contributed by atoms with Crippen molar-refractivity contribution >= 4 is 57.6 Å². The fourth-order valence-corrected chi connectivity index (χ4v) is 2.42. The van der Waals surface area contributed by atoms with Crippen LogP contribution in [0.1, 0.15) is 0 Å². The molecule has 1 aliphatic heterocycles. The molecule has 2 N–H and O–H groups in total. The lowest BCUT2D eigenvalue weighted by Crippen LogP contribution is -2.37. The Morgan fingerprint density at radius 2 is 1.95 bits per heavy atom. The van der Waals surface area contributed by atoms with Crippen LogP contribution in [0, 0.1) is 0 Å². The zero-order chi connectivity index (χ0) is 13.8. The van der Waals surface area contributed by atoms with Crippen molar-refractivity contribution in [1.29, 1.82) is 0 Å². The molecule has 0 saturated carbocycles. The first-order chi connectivity index (χ1) is 9.08. The summed E-state index contributed by atoms with van der Waals surface area (Å²) in [6.07, 6.45) is 0. The van der Waals surface area contributed by atoms with Gasteiger partial charge in [-0.15, -0.1) is 0 Å². The van der Waals surface area contributed by atoms with Gasteiger partial charge in [0.05, 0.1) is 22.3 Å². The van der Waals surface area contributed by atoms with Gasteiger partial charge in [0.25, 0.3) is 0 Å². The Hall–Kier alpha value is -1.24. The summed E-state index contributed by atoms with van der Waals surface area (Å²) in [5.41, 5.74) is 0.287. The van der Waals surface area contributed by atoms with E-state index in [1.54, 1.807) is 18.2 Å². The van der Waals surface area contributed by atoms with Crippen molar-refractivity contribution in [2.24, 2.45) is 4.99 Å². The molecule has 1 heterocycles. The fourth-order valence-electron chi connectivity index (χ4n) is 1.34. The van der Waals surface area contributed by atoms with E-state index in [0.717, 1.165) is 5.75 Å². The van der Waals surface area contributed by atoms with Crippen LogP contribution >= 0.6 is 35.0 Å². The molecule has 0 atom stereocenters. The second kappa shape index (κ2) is 6.27. The third-order valence-corrected chi connectivity index (χ3v) is 3.92. The van der Waals surface area contributed by atoms with Crippen LogP contribution in [-0.4, -0.2) is 29.3 Å². The van der Waals surface area contributed by atoms with E-state index >= 15 is 0 Å². The number of aliphatic imine (C=N–C) groups is 1. The minimum atomic E-state index is -0.820. The van der Waals surface area contributed by atoms with E-state index in [-0.39, 0.29) is 10.7 Å². The Labute approximate surface area is 123 Å². The van der Waals surface area contributed by atoms with Gasteiger partial charge in [0.2, 0.25) is 0 Å². The summed E-state index contributed by atoms with van der Waals surface area (Å²) in [5, 5.41) is 5.76. The maximum Gasteiger partial charge on any atom is 0.315 e. The molecular weight excluding hydrogens is 309 g/mol. The van der Waals surface area contributed by atoms with Crippen molar-refractivity contribution in [2.75, 3.05) is 17.6 Å². The molecule has 5 nitrogen and oxygen atoms in total. The van der Waals surface area contributed by atoms with Crippen LogP contribution in [0.25, 0.3) is 0 Å². The molecule has 0 spiro atoms. The smallest absolute Gasteiger partial charge is 0.315 e. The summed E-state index contributed by atoms with van der Waals surface area (Å²) in [6.45, 7) is 0.641. The largest absolute Gasteiger partial charge is 0.316 e. The zero-order valence-corrected chi connectivity index (χ0v) is 11.9. The molecule has 0 fully saturated rings. The zero-order valence-electron chi connectivity index (χ0n) is 9.57. The summed E-state index contributed by atoms with van der Waals surface area (Å²) in [7, 11) is 0. The number of thioether (sulfide) groups is 1. The van der Waals surface area contributed by atoms with Gasteiger partial charge >= 0.3 is 11.8 Å². The number of rotatable bonds is 1. The van der Waals surface area contributed by atoms with Crippen LogP contribution in [0.3, 0.4) is 0 Å². The first-order valence-electron chi connectivity index (χ1n) is 5.31. The van der Waals surface area contributed by atoms with Crippen molar-refractivity contribution in [3.63, 3.8) is 0 Å². The highest BCUT2D eigenvalue weighted by molar-refractivity contribution is 8.14. The number of nitrogens with zero attached hydrogens (tertiary/aromatic N) is 1. The molecule has 0 bridgehead atoms. The first kappa shape index (κ1) is 14.2. The van der Waals surface area contributed by atoms with Crippen molar-refractivity contribution in [3.8, 4) is 0 Å². The molecule has 2 amide bonds. The topological polar surface area (TPSA) is 70.6 Å². The molecule has 1 aromatic carbocycles. The molecule has 8 heteroatoms. The van der Waals surface area contributed by atoms with Gasteiger partial charge in [-0.3, -0.25) is 19.9 Å². The lowest BCUT2D eigenvalue weighted by atomic mass is 10.3. The molecule has 0 unspecified atom stereocenters. The molecule has 0 aliphatic carbocycles. The van der Waals surface area contributed by atoms with Crippen molar-refractivity contribution in [2.45, 2.75) is 0 Å². The number of halogens is 2. The van der Waals surface area contributed by atoms with Crippen LogP contribution < -0.4 is 10.6 Å². The minimum absolute atomic E-state index is 0.192. The van der Waals surface area contributed by atoms with Crippen LogP contribution in [0.5, 0.6) is 0 Å². The van der Waals surface area contributed by atoms with Crippen molar-refractivity contribution < 1.29 is 9.59 Å². The SMILES string of the molecule is O=C(NC1=NCCS1)C(=O)Nc1cccc(Cl)c1Cl. The van der Waals surface area contributed by atoms with E-state index in [1.165, 1.54) is 11.8 Å². The number of hydrogen-bond donors (Lipinski definition) is 2. The quantitative estimate of drug-likeness (QED) is 0.780. The van der Waals surface area contributed by atoms with Crippen LogP contribution in [0.15, 0.2) is 23.2 Å². The molecule has 19 heavy (non-hydrogen) atoms. The Kier molecular flexibility index (Phi) is 4.68. The Morgan fingerprint density at radius 3 is 2.63 bits per heavy atom. The average Bonchev–Trinajstić information content (AvgIpc) is 2.87. The third kappa shape index (κ3) is 3.62. The van der Waals surface area contributed by atoms with Gasteiger partial charge in [-0.25, -0.2) is 0 Å². The molecule has 100 valence electrons. The van der Waals surface area contributed by atoms with E-state index in [2.05, 4.69) is 15.6 Å². The van der Waals surface area contributed by atoms with E-state index in [0.29, 0.717) is 16.7 Å². The van der Waals surface area contributed by atoms with Crippen LogP contribution in [0.2, 0.25) is 10.0 Å². The van der Waals surface area contributed by atoms with E-state index in [4.69, 9.17) is 23.2 Å². The predicted molar refractivity (Wildman–Crippen MR) is 78.0 cm³/mol. The summed E-state index contributed by atoms with van der Waals surface area (Å²) < 4.78 is 0. The molecule has 2 rings (SSSR count). The van der Waals surface area contributed by atoms with Crippen molar-refractivity contribution in [1.82, 2.24) is 5.32 Å². The van der Waals surface area contributed by atoms with Crippen LogP contribution in [0.4, 0.5) is 5.69 Å². The number of carbonyl (C=O) groups excluding carboxylic acids is 2. The van der Waals surface area contributed by atoms with Gasteiger partial charge in [0, 0.05) is 5.75 Å². The number of carbonyl (C=O) groups is 2. The third-order valence-electron chi connectivity index (χ3n) is 2.21. The van der Waals surface area contributed by atoms with E-state index in [1.807, 2.05) is 0 Å². The fraction of sp³-hybridized carbons (Fsp3) is 0.182. The summed E-state index contributed by atoms with van der Waals surface area (Å²) in [4.78, 5) is 27.3. The van der Waals surface area contributed by atoms with Crippen molar-refractivity contribution in [3.05, 3.63) is 28.2 Å². The normalized spacial score (nSPS) is 13.9. The number of nitrogens with one attached hydrogen (secondary N) is 2. The Bertz CT molecular complexity index is 563. The second-order valence-corrected chi connectivity index (χ2v) is 5.41. The molecule has 1 aliphatic rings. The molecule has 0 saturated heterocycles. The van der Waals surface area contributed by atoms with E-state index in [9.17, 15) is 9.59 Å². The van der Waals surface area contributed by atoms with Gasteiger partial charge in [-0.05, 0) is 12.1 Å². The maximum absolute atomic E-state index is 11.7. The Balaban J connectivity index is 2.00. The minimum Gasteiger partial charge on any atom is -0.316 e. The number of amidine groups is 1. The van der Waals surface area contributed by atoms with Gasteiger partial charge in [0.15, 0.2) is 5.17 Å². The monoisotopic (exact) mass is 317 g/mol. The molecule has 1 aromatic rings. The van der Waals surface area contributed by atoms with Gasteiger partial charge in [-0.1, -0.05) is 41.0 Å². The number of hydrogen-bond acceptors (Lipinski definition) is 4. The molecule has 0 aromatic heterocycles. The highest BCUT2D eigenvalue weighted by atomic mass is 35.5. The van der Waals surface area contributed by atoms with Gasteiger partial charge in [0.1, 0.15) is 0 Å². The predicted octanol–water partition coefficient (Wildman–Crippen LogP) is 2.15. The molecule has 0 radical (unpaired) electrons. The summed E-state index contributed by atoms with van der Waals surface area (Å²) in [5.74, 6) is -0.805. The maximum atomic E-state index is 11.7. The number of benzene rings is 1. The lowest BCUT2D eigenvalue weighted by Gasteiger charge is -2.08. The number of anilines is 1. The second-order valence-electron chi connectivity index (χ2n) is 3.54. The average molecular weight is 318 g/mol. The summed E-state index contributed by atoms with van der Waals surface area (Å²) >= 11 is 13.1. The molecular formula is C11H9Cl2N3O2S. The van der Waals surface area contributed by atoms with Gasteiger partial charge < -0.3 is 5.32 Å². The Morgan fingerprint density at radius 1 is 1.21 bits per heavy atom. The van der Waals surface area contributed by atoms with Crippen LogP contribution in [-0.2, 0) is 9.59 Å². The summed E-state index contributed by atoms with van der Waals surface area (Å²) in [6, 6.07) is 4.77. The highest BCUT2D eigenvalue weighted by Gasteiger charge is 2.19.